The molecule has 4 rings (SSSR count). The lowest BCUT2D eigenvalue weighted by Crippen LogP contribution is -2.13. The van der Waals surface area contributed by atoms with Gasteiger partial charge in [-0.15, -0.1) is 0 Å². The number of rotatable bonds is 6. The highest BCUT2D eigenvalue weighted by Crippen LogP contribution is 2.30. The maximum absolute atomic E-state index is 12.9. The Morgan fingerprint density at radius 3 is 2.19 bits per heavy atom. The summed E-state index contributed by atoms with van der Waals surface area (Å²) in [6.45, 7) is 0.137. The van der Waals surface area contributed by atoms with Crippen molar-refractivity contribution >= 4 is 55.7 Å². The van der Waals surface area contributed by atoms with E-state index in [-0.39, 0.29) is 21.5 Å². The van der Waals surface area contributed by atoms with Crippen molar-refractivity contribution in [3.05, 3.63) is 106 Å². The molecule has 1 N–H and O–H groups in total. The van der Waals surface area contributed by atoms with Crippen LogP contribution in [0, 0.1) is 0 Å². The largest absolute Gasteiger partial charge is 0.457 e. The molecule has 0 atom stereocenters. The van der Waals surface area contributed by atoms with Crippen LogP contribution in [0.2, 0.25) is 10.0 Å². The van der Waals surface area contributed by atoms with Crippen molar-refractivity contribution in [1.29, 1.82) is 0 Å². The van der Waals surface area contributed by atoms with Crippen LogP contribution in [-0.2, 0) is 21.4 Å². The van der Waals surface area contributed by atoms with Gasteiger partial charge in [-0.05, 0) is 41.3 Å². The first-order valence-electron chi connectivity index (χ1n) is 9.55. The van der Waals surface area contributed by atoms with E-state index in [0.29, 0.717) is 22.0 Å². The molecular formula is C24H17Cl2NO4S. The van der Waals surface area contributed by atoms with Crippen LogP contribution in [0.5, 0.6) is 0 Å². The zero-order valence-electron chi connectivity index (χ0n) is 16.6. The molecule has 0 unspecified atom stereocenters. The first-order chi connectivity index (χ1) is 15.3. The predicted octanol–water partition coefficient (Wildman–Crippen LogP) is 6.30. The summed E-state index contributed by atoms with van der Waals surface area (Å²) in [6.07, 6.45) is 0. The van der Waals surface area contributed by atoms with Gasteiger partial charge in [-0.1, -0.05) is 77.8 Å². The van der Waals surface area contributed by atoms with E-state index in [2.05, 4.69) is 4.72 Å². The zero-order valence-corrected chi connectivity index (χ0v) is 18.9. The molecular weight excluding hydrogens is 469 g/mol. The van der Waals surface area contributed by atoms with Crippen molar-refractivity contribution in [1.82, 2.24) is 0 Å². The average Bonchev–Trinajstić information content (AvgIpc) is 2.77. The number of carbonyl (C=O) groups is 1. The van der Waals surface area contributed by atoms with E-state index in [1.54, 1.807) is 36.4 Å². The normalized spacial score (nSPS) is 11.3. The number of fused-ring (bicyclic) bond motifs is 1. The molecule has 0 heterocycles. The number of sulfonamides is 1. The predicted molar refractivity (Wildman–Crippen MR) is 127 cm³/mol. The first kappa shape index (κ1) is 22.1. The van der Waals surface area contributed by atoms with Crippen molar-refractivity contribution in [2.75, 3.05) is 4.72 Å². The second-order valence-electron chi connectivity index (χ2n) is 6.98. The lowest BCUT2D eigenvalue weighted by molar-refractivity contribution is 0.0475. The highest BCUT2D eigenvalue weighted by Gasteiger charge is 2.19. The van der Waals surface area contributed by atoms with Crippen LogP contribution >= 0.6 is 23.2 Å². The number of esters is 1. The van der Waals surface area contributed by atoms with Crippen LogP contribution in [0.1, 0.15) is 15.9 Å². The number of benzene rings is 4. The van der Waals surface area contributed by atoms with Crippen LogP contribution in [0.4, 0.5) is 5.69 Å². The third-order valence-corrected chi connectivity index (χ3v) is 6.53. The van der Waals surface area contributed by atoms with Crippen molar-refractivity contribution in [2.24, 2.45) is 0 Å². The van der Waals surface area contributed by atoms with Gasteiger partial charge in [-0.2, -0.15) is 0 Å². The van der Waals surface area contributed by atoms with Crippen molar-refractivity contribution in [3.8, 4) is 0 Å². The minimum atomic E-state index is -3.96. The fourth-order valence-electron chi connectivity index (χ4n) is 3.27. The molecule has 0 aliphatic heterocycles. The molecule has 0 saturated heterocycles. The number of hydrogen-bond acceptors (Lipinski definition) is 4. The maximum Gasteiger partial charge on any atom is 0.339 e. The Kier molecular flexibility index (Phi) is 6.37. The lowest BCUT2D eigenvalue weighted by atomic mass is 10.0. The van der Waals surface area contributed by atoms with Crippen molar-refractivity contribution < 1.29 is 17.9 Å². The van der Waals surface area contributed by atoms with Gasteiger partial charge in [0, 0.05) is 15.4 Å². The molecule has 0 aliphatic carbocycles. The molecule has 0 saturated carbocycles. The van der Waals surface area contributed by atoms with Gasteiger partial charge in [-0.3, -0.25) is 4.72 Å². The second kappa shape index (κ2) is 9.20. The Morgan fingerprint density at radius 2 is 1.47 bits per heavy atom. The summed E-state index contributed by atoms with van der Waals surface area (Å²) < 4.78 is 33.8. The molecule has 0 fully saturated rings. The Balaban J connectivity index is 1.65. The number of hydrogen-bond donors (Lipinski definition) is 1. The third-order valence-electron chi connectivity index (χ3n) is 4.75. The van der Waals surface area contributed by atoms with Gasteiger partial charge < -0.3 is 4.74 Å². The smallest absolute Gasteiger partial charge is 0.339 e. The Hall–Kier alpha value is -3.06. The molecule has 0 radical (unpaired) electrons. The first-order valence-corrected chi connectivity index (χ1v) is 11.8. The van der Waals surface area contributed by atoms with Gasteiger partial charge in [0.2, 0.25) is 0 Å². The quantitative estimate of drug-likeness (QED) is 0.325. The number of halogens is 2. The summed E-state index contributed by atoms with van der Waals surface area (Å²) in [7, 11) is -3.96. The minimum Gasteiger partial charge on any atom is -0.457 e. The summed E-state index contributed by atoms with van der Waals surface area (Å²) in [5.74, 6) is -0.499. The van der Waals surface area contributed by atoms with E-state index in [1.807, 2.05) is 30.3 Å². The van der Waals surface area contributed by atoms with E-state index in [1.165, 1.54) is 18.2 Å². The summed E-state index contributed by atoms with van der Waals surface area (Å²) in [5.41, 5.74) is 1.52. The van der Waals surface area contributed by atoms with Crippen LogP contribution < -0.4 is 4.72 Å². The van der Waals surface area contributed by atoms with Crippen molar-refractivity contribution in [2.45, 2.75) is 11.5 Å². The Labute approximate surface area is 195 Å². The zero-order chi connectivity index (χ0) is 22.7. The SMILES string of the molecule is O=C(OCc1ccccc1)c1cccc2c(NS(=O)(=O)c3cc(Cl)cc(Cl)c3)cccc12. The molecule has 4 aromatic carbocycles. The Bertz CT molecular complexity index is 1390. The molecule has 0 aliphatic rings. The van der Waals surface area contributed by atoms with Gasteiger partial charge in [-0.25, -0.2) is 13.2 Å². The monoisotopic (exact) mass is 485 g/mol. The fourth-order valence-corrected chi connectivity index (χ4v) is 5.07. The van der Waals surface area contributed by atoms with E-state index in [4.69, 9.17) is 27.9 Å². The van der Waals surface area contributed by atoms with E-state index >= 15 is 0 Å². The van der Waals surface area contributed by atoms with E-state index < -0.39 is 16.0 Å². The molecule has 8 heteroatoms. The molecule has 4 aromatic rings. The Morgan fingerprint density at radius 1 is 0.812 bits per heavy atom. The lowest BCUT2D eigenvalue weighted by Gasteiger charge is -2.13. The number of ether oxygens (including phenoxy) is 1. The van der Waals surface area contributed by atoms with Gasteiger partial charge in [0.05, 0.1) is 16.1 Å². The van der Waals surface area contributed by atoms with Gasteiger partial charge in [0.15, 0.2) is 0 Å². The van der Waals surface area contributed by atoms with Gasteiger partial charge in [0.1, 0.15) is 6.61 Å². The van der Waals surface area contributed by atoms with E-state index in [9.17, 15) is 13.2 Å². The summed E-state index contributed by atoms with van der Waals surface area (Å²) >= 11 is 11.9. The standard InChI is InChI=1S/C24H17Cl2NO4S/c25-17-12-18(26)14-19(13-17)32(29,30)27-23-11-5-8-20-21(23)9-4-10-22(20)24(28)31-15-16-6-2-1-3-7-16/h1-14,27H,15H2. The topological polar surface area (TPSA) is 72.5 Å². The molecule has 32 heavy (non-hydrogen) atoms. The molecule has 0 amide bonds. The summed E-state index contributed by atoms with van der Waals surface area (Å²) in [6, 6.07) is 23.5. The molecule has 5 nitrogen and oxygen atoms in total. The second-order valence-corrected chi connectivity index (χ2v) is 9.53. The van der Waals surface area contributed by atoms with Crippen LogP contribution in [0.15, 0.2) is 89.8 Å². The fraction of sp³-hybridized carbons (Fsp3) is 0.0417. The average molecular weight is 486 g/mol. The number of nitrogens with one attached hydrogen (secondary N) is 1. The van der Waals surface area contributed by atoms with Crippen LogP contribution in [0.3, 0.4) is 0 Å². The minimum absolute atomic E-state index is 0.0644. The molecule has 0 spiro atoms. The third kappa shape index (κ3) is 4.88. The highest BCUT2D eigenvalue weighted by molar-refractivity contribution is 7.92. The number of carbonyl (C=O) groups excluding carboxylic acids is 1. The van der Waals surface area contributed by atoms with Crippen LogP contribution in [0.25, 0.3) is 10.8 Å². The van der Waals surface area contributed by atoms with Gasteiger partial charge >= 0.3 is 5.97 Å². The molecule has 162 valence electrons. The summed E-state index contributed by atoms with van der Waals surface area (Å²) in [4.78, 5) is 12.7. The van der Waals surface area contributed by atoms with Gasteiger partial charge in [0.25, 0.3) is 10.0 Å². The van der Waals surface area contributed by atoms with E-state index in [0.717, 1.165) is 5.56 Å². The highest BCUT2D eigenvalue weighted by atomic mass is 35.5. The maximum atomic E-state index is 12.9. The molecule has 0 bridgehead atoms. The number of anilines is 1. The summed E-state index contributed by atoms with van der Waals surface area (Å²) in [5, 5.41) is 1.53. The molecule has 0 aromatic heterocycles. The van der Waals surface area contributed by atoms with Crippen molar-refractivity contribution in [3.63, 3.8) is 0 Å². The van der Waals surface area contributed by atoms with Crippen LogP contribution in [-0.4, -0.2) is 14.4 Å².